The summed E-state index contributed by atoms with van der Waals surface area (Å²) in [6.45, 7) is 6.57. The molecule has 2 aromatic carbocycles. The smallest absolute Gasteiger partial charge is 0.224 e. The number of carbonyl (C=O) groups is 1. The van der Waals surface area contributed by atoms with Crippen molar-refractivity contribution in [1.29, 1.82) is 0 Å². The summed E-state index contributed by atoms with van der Waals surface area (Å²) >= 11 is 0. The molecule has 0 spiro atoms. The van der Waals surface area contributed by atoms with Crippen molar-refractivity contribution in [3.8, 4) is 0 Å². The Morgan fingerprint density at radius 1 is 1.18 bits per heavy atom. The first-order valence-electron chi connectivity index (χ1n) is 10.1. The summed E-state index contributed by atoms with van der Waals surface area (Å²) in [4.78, 5) is 19.2. The highest BCUT2D eigenvalue weighted by Gasteiger charge is 2.23. The number of benzene rings is 2. The van der Waals surface area contributed by atoms with Crippen LogP contribution in [-0.4, -0.2) is 39.5 Å². The number of amides is 1. The van der Waals surface area contributed by atoms with E-state index in [0.29, 0.717) is 19.0 Å². The Kier molecular flexibility index (Phi) is 5.33. The minimum Gasteiger partial charge on any atom is -0.381 e. The van der Waals surface area contributed by atoms with Gasteiger partial charge >= 0.3 is 0 Å². The summed E-state index contributed by atoms with van der Waals surface area (Å²) in [5.74, 6) is 0.226. The van der Waals surface area contributed by atoms with Crippen LogP contribution in [0.2, 0.25) is 0 Å². The monoisotopic (exact) mass is 376 g/mol. The maximum atomic E-state index is 12.8. The van der Waals surface area contributed by atoms with Crippen molar-refractivity contribution >= 4 is 22.6 Å². The molecule has 1 N–H and O–H groups in total. The highest BCUT2D eigenvalue weighted by molar-refractivity contribution is 5.77. The van der Waals surface area contributed by atoms with Gasteiger partial charge in [0.05, 0.1) is 17.4 Å². The number of rotatable bonds is 5. The van der Waals surface area contributed by atoms with Gasteiger partial charge in [-0.15, -0.1) is 0 Å². The minimum absolute atomic E-state index is 0.226. The van der Waals surface area contributed by atoms with Crippen LogP contribution in [-0.2, 0) is 11.3 Å². The number of fused-ring (bicyclic) bond motifs is 1. The molecule has 0 aliphatic carbocycles. The lowest BCUT2D eigenvalue weighted by Gasteiger charge is -2.34. The molecule has 1 amide bonds. The highest BCUT2D eigenvalue weighted by Crippen LogP contribution is 2.20. The lowest BCUT2D eigenvalue weighted by molar-refractivity contribution is -0.132. The van der Waals surface area contributed by atoms with Crippen LogP contribution in [0, 0.1) is 13.8 Å². The number of hydrogen-bond acceptors (Lipinski definition) is 3. The predicted octanol–water partition coefficient (Wildman–Crippen LogP) is 4.15. The number of hydrogen-bond donors (Lipinski definition) is 1. The summed E-state index contributed by atoms with van der Waals surface area (Å²) in [5.41, 5.74) is 5.81. The van der Waals surface area contributed by atoms with Gasteiger partial charge in [-0.3, -0.25) is 4.79 Å². The van der Waals surface area contributed by atoms with Gasteiger partial charge in [-0.1, -0.05) is 18.2 Å². The van der Waals surface area contributed by atoms with Gasteiger partial charge in [-0.05, 0) is 62.1 Å². The van der Waals surface area contributed by atoms with Gasteiger partial charge in [0.2, 0.25) is 5.91 Å². The first-order valence-corrected chi connectivity index (χ1v) is 10.1. The quantitative estimate of drug-likeness (QED) is 0.728. The molecule has 3 aromatic rings. The van der Waals surface area contributed by atoms with E-state index >= 15 is 0 Å². The molecule has 0 unspecified atom stereocenters. The Bertz CT molecular complexity index is 978. The van der Waals surface area contributed by atoms with Gasteiger partial charge < -0.3 is 14.8 Å². The summed E-state index contributed by atoms with van der Waals surface area (Å²) < 4.78 is 2.07. The Labute approximate surface area is 166 Å². The number of piperidine rings is 1. The SMILES string of the molecule is Cc1ccc(N[C@H]2CCCN(C(=O)CCn3cnc4ccccc43)C2)cc1C. The van der Waals surface area contributed by atoms with Gasteiger partial charge in [-0.2, -0.15) is 0 Å². The molecule has 1 aliphatic rings. The van der Waals surface area contributed by atoms with E-state index in [9.17, 15) is 4.79 Å². The van der Waals surface area contributed by atoms with E-state index in [1.807, 2.05) is 29.4 Å². The highest BCUT2D eigenvalue weighted by atomic mass is 16.2. The van der Waals surface area contributed by atoms with Crippen LogP contribution < -0.4 is 5.32 Å². The average Bonchev–Trinajstić information content (AvgIpc) is 3.12. The number of anilines is 1. The molecule has 1 saturated heterocycles. The van der Waals surface area contributed by atoms with Crippen molar-refractivity contribution in [3.63, 3.8) is 0 Å². The van der Waals surface area contributed by atoms with Crippen LogP contribution in [0.3, 0.4) is 0 Å². The maximum absolute atomic E-state index is 12.8. The molecule has 146 valence electrons. The number of para-hydroxylation sites is 2. The second kappa shape index (κ2) is 8.05. The Morgan fingerprint density at radius 3 is 2.89 bits per heavy atom. The van der Waals surface area contributed by atoms with Crippen molar-refractivity contribution < 1.29 is 4.79 Å². The van der Waals surface area contributed by atoms with E-state index in [1.54, 1.807) is 0 Å². The fraction of sp³-hybridized carbons (Fsp3) is 0.391. The van der Waals surface area contributed by atoms with Gasteiger partial charge in [0.1, 0.15) is 0 Å². The zero-order chi connectivity index (χ0) is 19.5. The summed E-state index contributed by atoms with van der Waals surface area (Å²) in [6.07, 6.45) is 4.49. The fourth-order valence-electron chi connectivity index (χ4n) is 3.95. The van der Waals surface area contributed by atoms with Gasteiger partial charge in [-0.25, -0.2) is 4.98 Å². The minimum atomic E-state index is 0.226. The van der Waals surface area contributed by atoms with Crippen molar-refractivity contribution in [3.05, 3.63) is 59.9 Å². The topological polar surface area (TPSA) is 50.2 Å². The third kappa shape index (κ3) is 4.03. The number of imidazole rings is 1. The third-order valence-electron chi connectivity index (χ3n) is 5.75. The number of carbonyl (C=O) groups excluding carboxylic acids is 1. The van der Waals surface area contributed by atoms with Crippen LogP contribution >= 0.6 is 0 Å². The standard InChI is InChI=1S/C23H28N4O/c1-17-9-10-19(14-18(17)2)25-20-6-5-12-26(15-20)23(28)11-13-27-16-24-21-7-3-4-8-22(21)27/h3-4,7-10,14,16,20,25H,5-6,11-13,15H2,1-2H3/t20-/m0/s1. The van der Waals surface area contributed by atoms with E-state index in [1.165, 1.54) is 11.1 Å². The molecular weight excluding hydrogens is 348 g/mol. The summed E-state index contributed by atoms with van der Waals surface area (Å²) in [5, 5.41) is 3.62. The second-order valence-corrected chi connectivity index (χ2v) is 7.80. The number of nitrogens with one attached hydrogen (secondary N) is 1. The van der Waals surface area contributed by atoms with E-state index in [4.69, 9.17) is 0 Å². The van der Waals surface area contributed by atoms with Crippen LogP contribution in [0.1, 0.15) is 30.4 Å². The van der Waals surface area contributed by atoms with Crippen molar-refractivity contribution in [2.24, 2.45) is 0 Å². The Morgan fingerprint density at radius 2 is 2.04 bits per heavy atom. The number of nitrogens with zero attached hydrogens (tertiary/aromatic N) is 3. The second-order valence-electron chi connectivity index (χ2n) is 7.80. The average molecular weight is 377 g/mol. The predicted molar refractivity (Wildman–Crippen MR) is 113 cm³/mol. The molecule has 1 aliphatic heterocycles. The van der Waals surface area contributed by atoms with E-state index in [-0.39, 0.29) is 5.91 Å². The lowest BCUT2D eigenvalue weighted by atomic mass is 10.0. The zero-order valence-electron chi connectivity index (χ0n) is 16.7. The normalized spacial score (nSPS) is 17.1. The molecule has 5 nitrogen and oxygen atoms in total. The molecule has 0 saturated carbocycles. The van der Waals surface area contributed by atoms with Crippen molar-refractivity contribution in [2.75, 3.05) is 18.4 Å². The third-order valence-corrected chi connectivity index (χ3v) is 5.75. The van der Waals surface area contributed by atoms with E-state index in [2.05, 4.69) is 53.0 Å². The molecule has 1 aromatic heterocycles. The molecule has 4 rings (SSSR count). The number of aryl methyl sites for hydroxylation is 3. The molecule has 0 radical (unpaired) electrons. The Balaban J connectivity index is 1.34. The summed E-state index contributed by atoms with van der Waals surface area (Å²) in [7, 11) is 0. The molecule has 28 heavy (non-hydrogen) atoms. The first kappa shape index (κ1) is 18.5. The number of aromatic nitrogens is 2. The van der Waals surface area contributed by atoms with E-state index in [0.717, 1.165) is 42.7 Å². The lowest BCUT2D eigenvalue weighted by Crippen LogP contribution is -2.45. The molecule has 1 fully saturated rings. The van der Waals surface area contributed by atoms with E-state index < -0.39 is 0 Å². The Hall–Kier alpha value is -2.82. The van der Waals surface area contributed by atoms with Crippen molar-refractivity contribution in [1.82, 2.24) is 14.5 Å². The maximum Gasteiger partial charge on any atom is 0.224 e. The molecule has 2 heterocycles. The van der Waals surface area contributed by atoms with Gasteiger partial charge in [0, 0.05) is 37.8 Å². The van der Waals surface area contributed by atoms with Crippen LogP contribution in [0.4, 0.5) is 5.69 Å². The van der Waals surface area contributed by atoms with Crippen molar-refractivity contribution in [2.45, 2.75) is 45.7 Å². The molecule has 5 heteroatoms. The van der Waals surface area contributed by atoms with Crippen LogP contribution in [0.25, 0.3) is 11.0 Å². The summed E-state index contributed by atoms with van der Waals surface area (Å²) in [6, 6.07) is 14.8. The molecular formula is C23H28N4O. The first-order chi connectivity index (χ1) is 13.6. The largest absolute Gasteiger partial charge is 0.381 e. The molecule has 1 atom stereocenters. The van der Waals surface area contributed by atoms with Gasteiger partial charge in [0.25, 0.3) is 0 Å². The van der Waals surface area contributed by atoms with Crippen LogP contribution in [0.15, 0.2) is 48.8 Å². The molecule has 0 bridgehead atoms. The van der Waals surface area contributed by atoms with Crippen LogP contribution in [0.5, 0.6) is 0 Å². The van der Waals surface area contributed by atoms with Gasteiger partial charge in [0.15, 0.2) is 0 Å². The fourth-order valence-corrected chi connectivity index (χ4v) is 3.95. The number of likely N-dealkylation sites (tertiary alicyclic amines) is 1. The zero-order valence-corrected chi connectivity index (χ0v) is 16.7.